The molecule has 0 amide bonds. The Hall–Kier alpha value is -2.55. The highest BCUT2D eigenvalue weighted by atomic mass is 16.5. The monoisotopic (exact) mass is 229 g/mol. The molecule has 2 aromatic rings. The lowest BCUT2D eigenvalue weighted by Crippen LogP contribution is -2.09. The number of nitrogens with zero attached hydrogens (tertiary/aromatic N) is 4. The smallest absolute Gasteiger partial charge is 0.252 e. The van der Waals surface area contributed by atoms with Crippen LogP contribution in [0.25, 0.3) is 0 Å². The normalized spacial score (nSPS) is 9.82. The van der Waals surface area contributed by atoms with Crippen LogP contribution in [0.2, 0.25) is 0 Å². The van der Waals surface area contributed by atoms with Gasteiger partial charge in [0.1, 0.15) is 24.8 Å². The van der Waals surface area contributed by atoms with E-state index < -0.39 is 0 Å². The number of nitrogens with two attached hydrogens (primary N) is 1. The number of anilines is 1. The van der Waals surface area contributed by atoms with Crippen LogP contribution in [-0.2, 0) is 6.54 Å². The summed E-state index contributed by atoms with van der Waals surface area (Å²) >= 11 is 0. The lowest BCUT2D eigenvalue weighted by molar-refractivity contribution is 0.292. The number of nitrogen functional groups attached to an aromatic ring is 1. The van der Waals surface area contributed by atoms with Crippen LogP contribution in [0, 0.1) is 11.3 Å². The van der Waals surface area contributed by atoms with Gasteiger partial charge >= 0.3 is 0 Å². The molecular formula is C11H11N5O. The van der Waals surface area contributed by atoms with Gasteiger partial charge in [-0.05, 0) is 12.1 Å². The summed E-state index contributed by atoms with van der Waals surface area (Å²) in [6.45, 7) is 0.936. The van der Waals surface area contributed by atoms with Gasteiger partial charge in [-0.15, -0.1) is 5.10 Å². The van der Waals surface area contributed by atoms with Gasteiger partial charge in [0, 0.05) is 0 Å². The lowest BCUT2D eigenvalue weighted by atomic mass is 10.3. The zero-order valence-electron chi connectivity index (χ0n) is 9.08. The van der Waals surface area contributed by atoms with E-state index in [1.807, 2.05) is 18.2 Å². The number of para-hydroxylation sites is 2. The molecule has 0 aliphatic heterocycles. The molecule has 86 valence electrons. The van der Waals surface area contributed by atoms with Crippen molar-refractivity contribution in [3.63, 3.8) is 0 Å². The molecule has 0 atom stereocenters. The molecule has 2 N–H and O–H groups in total. The molecule has 0 radical (unpaired) electrons. The first-order valence-corrected chi connectivity index (χ1v) is 5.06. The standard InChI is InChI=1S/C11H11N5O/c12-7-11-14-8-16(15-11)5-6-17-10-4-2-1-3-9(10)13/h1-4,8H,5-6,13H2. The van der Waals surface area contributed by atoms with E-state index >= 15 is 0 Å². The maximum atomic E-state index is 8.55. The van der Waals surface area contributed by atoms with Gasteiger partial charge in [0.05, 0.1) is 12.2 Å². The van der Waals surface area contributed by atoms with E-state index in [9.17, 15) is 0 Å². The summed E-state index contributed by atoms with van der Waals surface area (Å²) in [5.74, 6) is 0.803. The second-order valence-corrected chi connectivity index (χ2v) is 3.33. The van der Waals surface area contributed by atoms with E-state index in [0.717, 1.165) is 0 Å². The van der Waals surface area contributed by atoms with Crippen molar-refractivity contribution < 1.29 is 4.74 Å². The van der Waals surface area contributed by atoms with Gasteiger partial charge in [-0.2, -0.15) is 5.26 Å². The number of ether oxygens (including phenoxy) is 1. The molecule has 17 heavy (non-hydrogen) atoms. The minimum Gasteiger partial charge on any atom is -0.489 e. The maximum absolute atomic E-state index is 8.55. The third-order valence-electron chi connectivity index (χ3n) is 2.13. The Kier molecular flexibility index (Phi) is 3.21. The van der Waals surface area contributed by atoms with Crippen LogP contribution in [-0.4, -0.2) is 21.4 Å². The van der Waals surface area contributed by atoms with Crippen molar-refractivity contribution in [2.24, 2.45) is 0 Å². The molecule has 0 aliphatic rings. The van der Waals surface area contributed by atoms with E-state index in [1.165, 1.54) is 6.33 Å². The fourth-order valence-electron chi connectivity index (χ4n) is 1.31. The third-order valence-corrected chi connectivity index (χ3v) is 2.13. The molecule has 0 bridgehead atoms. The van der Waals surface area contributed by atoms with Crippen molar-refractivity contribution in [3.8, 4) is 11.8 Å². The minimum atomic E-state index is 0.157. The molecule has 6 nitrogen and oxygen atoms in total. The van der Waals surface area contributed by atoms with Gasteiger partial charge in [-0.1, -0.05) is 12.1 Å². The van der Waals surface area contributed by atoms with Gasteiger partial charge in [-0.25, -0.2) is 9.67 Å². The second kappa shape index (κ2) is 4.99. The number of hydrogen-bond acceptors (Lipinski definition) is 5. The summed E-state index contributed by atoms with van der Waals surface area (Å²) in [4.78, 5) is 3.79. The average molecular weight is 229 g/mol. The highest BCUT2D eigenvalue weighted by molar-refractivity contribution is 5.51. The highest BCUT2D eigenvalue weighted by Gasteiger charge is 2.01. The van der Waals surface area contributed by atoms with E-state index in [0.29, 0.717) is 24.6 Å². The van der Waals surface area contributed by atoms with E-state index in [2.05, 4.69) is 10.1 Å². The van der Waals surface area contributed by atoms with E-state index in [1.54, 1.807) is 16.8 Å². The topological polar surface area (TPSA) is 89.8 Å². The summed E-state index contributed by atoms with van der Waals surface area (Å²) in [5, 5.41) is 12.5. The van der Waals surface area contributed by atoms with Crippen LogP contribution >= 0.6 is 0 Å². The largest absolute Gasteiger partial charge is 0.489 e. The van der Waals surface area contributed by atoms with Crippen LogP contribution in [0.1, 0.15) is 5.82 Å². The van der Waals surface area contributed by atoms with E-state index in [-0.39, 0.29) is 5.82 Å². The van der Waals surface area contributed by atoms with E-state index in [4.69, 9.17) is 15.7 Å². The van der Waals surface area contributed by atoms with Gasteiger partial charge < -0.3 is 10.5 Å². The number of hydrogen-bond donors (Lipinski definition) is 1. The molecule has 0 spiro atoms. The molecule has 6 heteroatoms. The number of benzene rings is 1. The Labute approximate surface area is 98.3 Å². The molecule has 1 aromatic carbocycles. The first kappa shape index (κ1) is 11.0. The van der Waals surface area contributed by atoms with Crippen LogP contribution in [0.5, 0.6) is 5.75 Å². The third kappa shape index (κ3) is 2.72. The summed E-state index contributed by atoms with van der Waals surface area (Å²) < 4.78 is 7.04. The molecule has 0 saturated carbocycles. The first-order valence-electron chi connectivity index (χ1n) is 5.06. The molecule has 0 saturated heterocycles. The Morgan fingerprint density at radius 3 is 2.94 bits per heavy atom. The number of nitriles is 1. The van der Waals surface area contributed by atoms with Crippen molar-refractivity contribution >= 4 is 5.69 Å². The van der Waals surface area contributed by atoms with Crippen molar-refractivity contribution in [1.29, 1.82) is 5.26 Å². The summed E-state index contributed by atoms with van der Waals surface area (Å²) in [6, 6.07) is 9.14. The maximum Gasteiger partial charge on any atom is 0.252 e. The molecule has 0 fully saturated rings. The lowest BCUT2D eigenvalue weighted by Gasteiger charge is -2.07. The molecule has 2 rings (SSSR count). The van der Waals surface area contributed by atoms with Crippen molar-refractivity contribution in [3.05, 3.63) is 36.4 Å². The number of aromatic nitrogens is 3. The average Bonchev–Trinajstić information content (AvgIpc) is 2.80. The molecule has 1 aromatic heterocycles. The van der Waals surface area contributed by atoms with Gasteiger partial charge in [-0.3, -0.25) is 0 Å². The zero-order chi connectivity index (χ0) is 12.1. The fourth-order valence-corrected chi connectivity index (χ4v) is 1.31. The van der Waals surface area contributed by atoms with Crippen molar-refractivity contribution in [1.82, 2.24) is 14.8 Å². The predicted molar refractivity (Wildman–Crippen MR) is 61.1 cm³/mol. The summed E-state index contributed by atoms with van der Waals surface area (Å²) in [5.41, 5.74) is 6.32. The quantitative estimate of drug-likeness (QED) is 0.783. The Bertz CT molecular complexity index is 543. The van der Waals surface area contributed by atoms with Crippen LogP contribution in [0.15, 0.2) is 30.6 Å². The zero-order valence-corrected chi connectivity index (χ0v) is 9.08. The first-order chi connectivity index (χ1) is 8.29. The van der Waals surface area contributed by atoms with Crippen LogP contribution < -0.4 is 10.5 Å². The Balaban J connectivity index is 1.88. The van der Waals surface area contributed by atoms with Crippen molar-refractivity contribution in [2.75, 3.05) is 12.3 Å². The van der Waals surface area contributed by atoms with Crippen LogP contribution in [0.3, 0.4) is 0 Å². The minimum absolute atomic E-state index is 0.157. The predicted octanol–water partition coefficient (Wildman–Crippen LogP) is 0.811. The highest BCUT2D eigenvalue weighted by Crippen LogP contribution is 2.19. The number of rotatable bonds is 4. The Morgan fingerprint density at radius 1 is 1.41 bits per heavy atom. The van der Waals surface area contributed by atoms with Crippen LogP contribution in [0.4, 0.5) is 5.69 Å². The van der Waals surface area contributed by atoms with Gasteiger partial charge in [0.15, 0.2) is 0 Å². The fraction of sp³-hybridized carbons (Fsp3) is 0.182. The SMILES string of the molecule is N#Cc1ncn(CCOc2ccccc2N)n1. The van der Waals surface area contributed by atoms with Crippen molar-refractivity contribution in [2.45, 2.75) is 6.54 Å². The van der Waals surface area contributed by atoms with Gasteiger partial charge in [0.25, 0.3) is 5.82 Å². The Morgan fingerprint density at radius 2 is 2.24 bits per heavy atom. The molecular weight excluding hydrogens is 218 g/mol. The summed E-state index contributed by atoms with van der Waals surface area (Å²) in [6.07, 6.45) is 1.50. The molecule has 0 aliphatic carbocycles. The molecule has 0 unspecified atom stereocenters. The second-order valence-electron chi connectivity index (χ2n) is 3.33. The summed E-state index contributed by atoms with van der Waals surface area (Å²) in [7, 11) is 0. The van der Waals surface area contributed by atoms with Gasteiger partial charge in [0.2, 0.25) is 0 Å². The molecule has 1 heterocycles.